The van der Waals surface area contributed by atoms with E-state index in [9.17, 15) is 13.2 Å². The number of morpholine rings is 1. The third-order valence-corrected chi connectivity index (χ3v) is 6.61. The van der Waals surface area contributed by atoms with E-state index in [2.05, 4.69) is 19.9 Å². The summed E-state index contributed by atoms with van der Waals surface area (Å²) >= 11 is 0. The van der Waals surface area contributed by atoms with Crippen LogP contribution in [0.2, 0.25) is 0 Å². The predicted molar refractivity (Wildman–Crippen MR) is 124 cm³/mol. The number of nitrogens with zero attached hydrogens (tertiary/aromatic N) is 2. The van der Waals surface area contributed by atoms with Crippen LogP contribution in [-0.2, 0) is 21.3 Å². The number of carbonyl (C=O) groups excluding carboxylic acids is 1. The molecule has 0 spiro atoms. The van der Waals surface area contributed by atoms with Crippen molar-refractivity contribution < 1.29 is 22.4 Å². The van der Waals surface area contributed by atoms with Gasteiger partial charge in [-0.3, -0.25) is 4.79 Å². The lowest BCUT2D eigenvalue weighted by molar-refractivity contribution is -0.00545. The zero-order chi connectivity index (χ0) is 23.4. The highest BCUT2D eigenvalue weighted by Gasteiger charge is 2.23. The van der Waals surface area contributed by atoms with Crippen molar-refractivity contribution in [1.82, 2.24) is 9.71 Å². The minimum Gasteiger partial charge on any atom is -0.468 e. The van der Waals surface area contributed by atoms with Crippen LogP contribution in [0.25, 0.3) is 0 Å². The number of nitrogens with one attached hydrogen (secondary N) is 2. The first-order valence-corrected chi connectivity index (χ1v) is 12.1. The van der Waals surface area contributed by atoms with E-state index in [0.717, 1.165) is 18.9 Å². The van der Waals surface area contributed by atoms with Crippen molar-refractivity contribution in [2.24, 2.45) is 0 Å². The molecule has 2 atom stereocenters. The Hall–Kier alpha value is -3.21. The topological polar surface area (TPSA) is 114 Å². The summed E-state index contributed by atoms with van der Waals surface area (Å²) in [6.45, 7) is 5.62. The number of amides is 1. The van der Waals surface area contributed by atoms with Gasteiger partial charge in [0, 0.05) is 18.7 Å². The van der Waals surface area contributed by atoms with Gasteiger partial charge in [-0.25, -0.2) is 18.1 Å². The highest BCUT2D eigenvalue weighted by molar-refractivity contribution is 7.89. The average molecular weight is 471 g/mol. The molecule has 2 unspecified atom stereocenters. The van der Waals surface area contributed by atoms with Crippen molar-refractivity contribution in [3.05, 3.63) is 72.3 Å². The standard InChI is InChI=1S/C23H26N4O5S/c1-16-14-27(15-17(2)32-16)22-10-7-19(12-24-22)26-23(28)18-5-8-21(9-6-18)33(29,30)25-13-20-4-3-11-31-20/h3-12,16-17,25H,13-15H2,1-2H3,(H,26,28). The molecule has 174 valence electrons. The molecule has 1 aliphatic rings. The second kappa shape index (κ2) is 9.74. The van der Waals surface area contributed by atoms with Crippen molar-refractivity contribution >= 4 is 27.4 Å². The first kappa shape index (κ1) is 23.0. The van der Waals surface area contributed by atoms with E-state index >= 15 is 0 Å². The smallest absolute Gasteiger partial charge is 0.255 e. The highest BCUT2D eigenvalue weighted by Crippen LogP contribution is 2.20. The van der Waals surface area contributed by atoms with Crippen molar-refractivity contribution in [1.29, 1.82) is 0 Å². The SMILES string of the molecule is CC1CN(c2ccc(NC(=O)c3ccc(S(=O)(=O)NCc4ccco4)cc3)cn2)CC(C)O1. The molecule has 0 radical (unpaired) electrons. The monoisotopic (exact) mass is 470 g/mol. The molecule has 0 aliphatic carbocycles. The summed E-state index contributed by atoms with van der Waals surface area (Å²) in [5.74, 6) is 0.976. The third-order valence-electron chi connectivity index (χ3n) is 5.19. The van der Waals surface area contributed by atoms with Crippen LogP contribution in [-0.4, -0.2) is 44.6 Å². The van der Waals surface area contributed by atoms with Gasteiger partial charge in [0.05, 0.1) is 41.8 Å². The number of ether oxygens (including phenoxy) is 1. The minimum absolute atomic E-state index is 0.0445. The van der Waals surface area contributed by atoms with Crippen LogP contribution in [0.15, 0.2) is 70.3 Å². The zero-order valence-corrected chi connectivity index (χ0v) is 19.2. The molecule has 33 heavy (non-hydrogen) atoms. The predicted octanol–water partition coefficient (Wildman–Crippen LogP) is 3.02. The van der Waals surface area contributed by atoms with Crippen LogP contribution in [0.1, 0.15) is 30.0 Å². The van der Waals surface area contributed by atoms with Gasteiger partial charge in [-0.15, -0.1) is 0 Å². The molecule has 1 saturated heterocycles. The maximum Gasteiger partial charge on any atom is 0.255 e. The molecule has 9 nitrogen and oxygen atoms in total. The average Bonchev–Trinajstić information content (AvgIpc) is 3.32. The molecule has 1 aromatic carbocycles. The number of hydrogen-bond donors (Lipinski definition) is 2. The van der Waals surface area contributed by atoms with Gasteiger partial charge in [0.2, 0.25) is 10.0 Å². The van der Waals surface area contributed by atoms with Gasteiger partial charge in [0.1, 0.15) is 11.6 Å². The quantitative estimate of drug-likeness (QED) is 0.546. The number of anilines is 2. The summed E-state index contributed by atoms with van der Waals surface area (Å²) in [4.78, 5) is 19.3. The Balaban J connectivity index is 1.36. The number of carbonyl (C=O) groups is 1. The summed E-state index contributed by atoms with van der Waals surface area (Å²) < 4.78 is 38.2. The van der Waals surface area contributed by atoms with Gasteiger partial charge < -0.3 is 19.4 Å². The molecule has 3 aromatic rings. The van der Waals surface area contributed by atoms with E-state index in [4.69, 9.17) is 9.15 Å². The Bertz CT molecular complexity index is 1170. The van der Waals surface area contributed by atoms with Gasteiger partial charge in [-0.1, -0.05) is 0 Å². The van der Waals surface area contributed by atoms with Gasteiger partial charge in [0.25, 0.3) is 5.91 Å². The fourth-order valence-corrected chi connectivity index (χ4v) is 4.66. The first-order chi connectivity index (χ1) is 15.8. The number of sulfonamides is 1. The fraction of sp³-hybridized carbons (Fsp3) is 0.304. The van der Waals surface area contributed by atoms with Gasteiger partial charge >= 0.3 is 0 Å². The number of benzene rings is 1. The van der Waals surface area contributed by atoms with E-state index < -0.39 is 10.0 Å². The van der Waals surface area contributed by atoms with Gasteiger partial charge in [-0.05, 0) is 62.4 Å². The lowest BCUT2D eigenvalue weighted by Gasteiger charge is -2.36. The van der Waals surface area contributed by atoms with Crippen LogP contribution in [0.3, 0.4) is 0 Å². The van der Waals surface area contributed by atoms with Crippen LogP contribution >= 0.6 is 0 Å². The highest BCUT2D eigenvalue weighted by atomic mass is 32.2. The van der Waals surface area contributed by atoms with E-state index in [1.807, 2.05) is 19.9 Å². The number of aromatic nitrogens is 1. The summed E-state index contributed by atoms with van der Waals surface area (Å²) in [6.07, 6.45) is 3.34. The van der Waals surface area contributed by atoms with Crippen molar-refractivity contribution in [3.8, 4) is 0 Å². The lowest BCUT2D eigenvalue weighted by Crippen LogP contribution is -2.45. The summed E-state index contributed by atoms with van der Waals surface area (Å²) in [6, 6.07) is 12.7. The van der Waals surface area contributed by atoms with E-state index in [1.165, 1.54) is 30.5 Å². The van der Waals surface area contributed by atoms with Crippen LogP contribution in [0.4, 0.5) is 11.5 Å². The molecule has 0 saturated carbocycles. The normalized spacial score (nSPS) is 18.8. The van der Waals surface area contributed by atoms with Crippen LogP contribution < -0.4 is 14.9 Å². The van der Waals surface area contributed by atoms with Crippen molar-refractivity contribution in [2.45, 2.75) is 37.5 Å². The number of furan rings is 1. The first-order valence-electron chi connectivity index (χ1n) is 10.6. The van der Waals surface area contributed by atoms with Crippen LogP contribution in [0.5, 0.6) is 0 Å². The fourth-order valence-electron chi connectivity index (χ4n) is 3.66. The van der Waals surface area contributed by atoms with Crippen molar-refractivity contribution in [2.75, 3.05) is 23.3 Å². The maximum atomic E-state index is 12.6. The van der Waals surface area contributed by atoms with Crippen LogP contribution in [0, 0.1) is 0 Å². The number of hydrogen-bond acceptors (Lipinski definition) is 7. The lowest BCUT2D eigenvalue weighted by atomic mass is 10.2. The molecule has 3 heterocycles. The molecule has 1 amide bonds. The molecule has 1 aliphatic heterocycles. The minimum atomic E-state index is -3.73. The van der Waals surface area contributed by atoms with E-state index in [0.29, 0.717) is 17.0 Å². The van der Waals surface area contributed by atoms with E-state index in [-0.39, 0.29) is 29.6 Å². The molecular weight excluding hydrogens is 444 g/mol. The Labute approximate surface area is 192 Å². The van der Waals surface area contributed by atoms with Gasteiger partial charge in [0.15, 0.2) is 0 Å². The Morgan fingerprint density at radius 2 is 1.82 bits per heavy atom. The Morgan fingerprint density at radius 1 is 1.09 bits per heavy atom. The zero-order valence-electron chi connectivity index (χ0n) is 18.4. The number of pyridine rings is 1. The summed E-state index contributed by atoms with van der Waals surface area (Å²) in [5.41, 5.74) is 0.884. The molecule has 10 heteroatoms. The second-order valence-electron chi connectivity index (χ2n) is 7.95. The maximum absolute atomic E-state index is 12.6. The molecule has 1 fully saturated rings. The second-order valence-corrected chi connectivity index (χ2v) is 9.72. The molecule has 2 N–H and O–H groups in total. The molecule has 2 aromatic heterocycles. The molecule has 0 bridgehead atoms. The molecule has 4 rings (SSSR count). The summed E-state index contributed by atoms with van der Waals surface area (Å²) in [7, 11) is -3.73. The van der Waals surface area contributed by atoms with E-state index in [1.54, 1.807) is 24.4 Å². The van der Waals surface area contributed by atoms with Crippen molar-refractivity contribution in [3.63, 3.8) is 0 Å². The Morgan fingerprint density at radius 3 is 2.42 bits per heavy atom. The largest absolute Gasteiger partial charge is 0.468 e. The number of rotatable bonds is 7. The summed E-state index contributed by atoms with van der Waals surface area (Å²) in [5, 5.41) is 2.79. The van der Waals surface area contributed by atoms with Gasteiger partial charge in [-0.2, -0.15) is 0 Å². The molecular formula is C23H26N4O5S. The third kappa shape index (κ3) is 5.78. The Kier molecular flexibility index (Phi) is 6.77.